The molecule has 0 aliphatic carbocycles. The second-order valence-electron chi connectivity index (χ2n) is 4.26. The molecule has 1 amide bonds. The van der Waals surface area contributed by atoms with Crippen molar-refractivity contribution >= 4 is 6.09 Å². The predicted octanol–water partition coefficient (Wildman–Crippen LogP) is 0.921. The third-order valence-electron chi connectivity index (χ3n) is 3.35. The van der Waals surface area contributed by atoms with E-state index < -0.39 is 0 Å². The Bertz CT molecular complexity index is 232. The standard InChI is InChI=1S/C10H18N2O2/c1-8-6-11-5-3-4-9(11)7-12(8)10(13)14-2/h8-9H,3-7H2,1-2H3. The van der Waals surface area contributed by atoms with Crippen LogP contribution in [0, 0.1) is 0 Å². The van der Waals surface area contributed by atoms with E-state index in [1.54, 1.807) is 0 Å². The quantitative estimate of drug-likeness (QED) is 0.580. The molecule has 4 heteroatoms. The zero-order valence-electron chi connectivity index (χ0n) is 8.90. The van der Waals surface area contributed by atoms with Gasteiger partial charge < -0.3 is 9.64 Å². The van der Waals surface area contributed by atoms with E-state index in [1.807, 2.05) is 4.90 Å². The summed E-state index contributed by atoms with van der Waals surface area (Å²) in [5.74, 6) is 0. The van der Waals surface area contributed by atoms with Crippen molar-refractivity contribution in [1.29, 1.82) is 0 Å². The number of methoxy groups -OCH3 is 1. The summed E-state index contributed by atoms with van der Waals surface area (Å²) >= 11 is 0. The fourth-order valence-electron chi connectivity index (χ4n) is 2.56. The highest BCUT2D eigenvalue weighted by atomic mass is 16.5. The summed E-state index contributed by atoms with van der Waals surface area (Å²) in [6, 6.07) is 0.863. The number of carbonyl (C=O) groups is 1. The van der Waals surface area contributed by atoms with E-state index in [1.165, 1.54) is 26.5 Å². The fraction of sp³-hybridized carbons (Fsp3) is 0.900. The Morgan fingerprint density at radius 1 is 1.43 bits per heavy atom. The molecule has 2 heterocycles. The molecule has 2 rings (SSSR count). The highest BCUT2D eigenvalue weighted by Crippen LogP contribution is 2.24. The lowest BCUT2D eigenvalue weighted by atomic mass is 10.1. The average Bonchev–Trinajstić information content (AvgIpc) is 2.62. The molecule has 2 fully saturated rings. The zero-order chi connectivity index (χ0) is 10.1. The van der Waals surface area contributed by atoms with Crippen LogP contribution in [0.4, 0.5) is 4.79 Å². The minimum atomic E-state index is -0.177. The van der Waals surface area contributed by atoms with Gasteiger partial charge in [-0.25, -0.2) is 4.79 Å². The van der Waals surface area contributed by atoms with Gasteiger partial charge in [0, 0.05) is 25.2 Å². The van der Waals surface area contributed by atoms with Gasteiger partial charge in [-0.3, -0.25) is 4.90 Å². The van der Waals surface area contributed by atoms with Gasteiger partial charge in [-0.15, -0.1) is 0 Å². The first-order chi connectivity index (χ1) is 6.72. The monoisotopic (exact) mass is 198 g/mol. The molecule has 2 saturated heterocycles. The van der Waals surface area contributed by atoms with Gasteiger partial charge >= 0.3 is 6.09 Å². The summed E-state index contributed by atoms with van der Waals surface area (Å²) in [7, 11) is 1.45. The van der Waals surface area contributed by atoms with Crippen molar-refractivity contribution in [1.82, 2.24) is 9.80 Å². The predicted molar refractivity (Wildman–Crippen MR) is 53.2 cm³/mol. The molecular formula is C10H18N2O2. The summed E-state index contributed by atoms with van der Waals surface area (Å²) in [6.45, 7) is 5.13. The van der Waals surface area contributed by atoms with Crippen molar-refractivity contribution in [3.05, 3.63) is 0 Å². The number of fused-ring (bicyclic) bond motifs is 1. The van der Waals surface area contributed by atoms with Gasteiger partial charge in [-0.05, 0) is 26.3 Å². The molecule has 14 heavy (non-hydrogen) atoms. The first-order valence-electron chi connectivity index (χ1n) is 5.31. The number of carbonyl (C=O) groups excluding carboxylic acids is 1. The van der Waals surface area contributed by atoms with Crippen LogP contribution in [0.3, 0.4) is 0 Å². The highest BCUT2D eigenvalue weighted by Gasteiger charge is 2.36. The van der Waals surface area contributed by atoms with Crippen molar-refractivity contribution < 1.29 is 9.53 Å². The molecule has 0 bridgehead atoms. The minimum Gasteiger partial charge on any atom is -0.453 e. The summed E-state index contributed by atoms with van der Waals surface area (Å²) in [5, 5.41) is 0. The van der Waals surface area contributed by atoms with Crippen LogP contribution >= 0.6 is 0 Å². The summed E-state index contributed by atoms with van der Waals surface area (Å²) in [5.41, 5.74) is 0. The maximum absolute atomic E-state index is 11.5. The second kappa shape index (κ2) is 3.77. The van der Waals surface area contributed by atoms with Crippen LogP contribution < -0.4 is 0 Å². The Labute approximate surface area is 84.8 Å². The largest absolute Gasteiger partial charge is 0.453 e. The van der Waals surface area contributed by atoms with Gasteiger partial charge in [-0.2, -0.15) is 0 Å². The maximum Gasteiger partial charge on any atom is 0.409 e. The van der Waals surface area contributed by atoms with Crippen molar-refractivity contribution in [2.45, 2.75) is 31.8 Å². The molecule has 2 unspecified atom stereocenters. The Balaban J connectivity index is 2.02. The maximum atomic E-state index is 11.5. The lowest BCUT2D eigenvalue weighted by Crippen LogP contribution is -2.56. The van der Waals surface area contributed by atoms with Crippen molar-refractivity contribution in [3.8, 4) is 0 Å². The van der Waals surface area contributed by atoms with Gasteiger partial charge in [0.15, 0.2) is 0 Å². The average molecular weight is 198 g/mol. The number of hydrogen-bond donors (Lipinski definition) is 0. The molecule has 2 aliphatic rings. The summed E-state index contributed by atoms with van der Waals surface area (Å²) in [6.07, 6.45) is 2.32. The number of hydrogen-bond acceptors (Lipinski definition) is 3. The van der Waals surface area contributed by atoms with Crippen LogP contribution in [0.25, 0.3) is 0 Å². The second-order valence-corrected chi connectivity index (χ2v) is 4.26. The topological polar surface area (TPSA) is 32.8 Å². The van der Waals surface area contributed by atoms with E-state index in [0.717, 1.165) is 13.1 Å². The fourth-order valence-corrected chi connectivity index (χ4v) is 2.56. The number of nitrogens with zero attached hydrogens (tertiary/aromatic N) is 2. The van der Waals surface area contributed by atoms with Gasteiger partial charge in [0.2, 0.25) is 0 Å². The molecule has 4 nitrogen and oxygen atoms in total. The van der Waals surface area contributed by atoms with Gasteiger partial charge in [-0.1, -0.05) is 0 Å². The third-order valence-corrected chi connectivity index (χ3v) is 3.35. The number of piperazine rings is 1. The molecule has 0 N–H and O–H groups in total. The van der Waals surface area contributed by atoms with Crippen LogP contribution in [0.5, 0.6) is 0 Å². The van der Waals surface area contributed by atoms with E-state index in [9.17, 15) is 4.79 Å². The van der Waals surface area contributed by atoms with Crippen molar-refractivity contribution in [3.63, 3.8) is 0 Å². The molecule has 80 valence electrons. The Kier molecular flexibility index (Phi) is 2.63. The van der Waals surface area contributed by atoms with Crippen LogP contribution in [-0.2, 0) is 4.74 Å². The van der Waals surface area contributed by atoms with Crippen LogP contribution in [0.1, 0.15) is 19.8 Å². The normalized spacial score (nSPS) is 32.9. The summed E-state index contributed by atoms with van der Waals surface area (Å²) in [4.78, 5) is 15.8. The molecule has 0 spiro atoms. The van der Waals surface area contributed by atoms with E-state index in [0.29, 0.717) is 6.04 Å². The van der Waals surface area contributed by atoms with Gasteiger partial charge in [0.05, 0.1) is 7.11 Å². The van der Waals surface area contributed by atoms with E-state index in [2.05, 4.69) is 11.8 Å². The Hall–Kier alpha value is -0.770. The van der Waals surface area contributed by atoms with Gasteiger partial charge in [0.25, 0.3) is 0 Å². The van der Waals surface area contributed by atoms with Gasteiger partial charge in [0.1, 0.15) is 0 Å². The molecule has 0 aromatic carbocycles. The van der Waals surface area contributed by atoms with E-state index in [-0.39, 0.29) is 12.1 Å². The van der Waals surface area contributed by atoms with E-state index >= 15 is 0 Å². The zero-order valence-corrected chi connectivity index (χ0v) is 8.90. The van der Waals surface area contributed by atoms with Crippen LogP contribution in [-0.4, -0.2) is 54.7 Å². The first kappa shape index (κ1) is 9.77. The minimum absolute atomic E-state index is 0.177. The molecule has 2 atom stereocenters. The molecule has 0 radical (unpaired) electrons. The number of amides is 1. The molecule has 2 aliphatic heterocycles. The van der Waals surface area contributed by atoms with Crippen LogP contribution in [0.2, 0.25) is 0 Å². The summed E-state index contributed by atoms with van der Waals surface area (Å²) < 4.78 is 4.78. The highest BCUT2D eigenvalue weighted by molar-refractivity contribution is 5.68. The molecule has 0 aromatic heterocycles. The SMILES string of the molecule is COC(=O)N1CC2CCCN2CC1C. The lowest BCUT2D eigenvalue weighted by Gasteiger charge is -2.41. The lowest BCUT2D eigenvalue weighted by molar-refractivity contribution is 0.0477. The molecular weight excluding hydrogens is 180 g/mol. The first-order valence-corrected chi connectivity index (χ1v) is 5.31. The smallest absolute Gasteiger partial charge is 0.409 e. The molecule has 0 aromatic rings. The third kappa shape index (κ3) is 1.59. The number of rotatable bonds is 0. The Morgan fingerprint density at radius 3 is 2.93 bits per heavy atom. The van der Waals surface area contributed by atoms with Crippen molar-refractivity contribution in [2.24, 2.45) is 0 Å². The van der Waals surface area contributed by atoms with Crippen molar-refractivity contribution in [2.75, 3.05) is 26.7 Å². The van der Waals surface area contributed by atoms with Crippen LogP contribution in [0.15, 0.2) is 0 Å². The molecule has 0 saturated carbocycles. The van der Waals surface area contributed by atoms with E-state index in [4.69, 9.17) is 4.74 Å². The number of ether oxygens (including phenoxy) is 1. The Morgan fingerprint density at radius 2 is 2.21 bits per heavy atom.